The van der Waals surface area contributed by atoms with Gasteiger partial charge in [-0.3, -0.25) is 4.72 Å². The van der Waals surface area contributed by atoms with Gasteiger partial charge in [0.1, 0.15) is 11.3 Å². The summed E-state index contributed by atoms with van der Waals surface area (Å²) in [7, 11) is -3.51. The highest BCUT2D eigenvalue weighted by Crippen LogP contribution is 2.39. The number of fused-ring (bicyclic) bond motifs is 1. The van der Waals surface area contributed by atoms with Crippen molar-refractivity contribution in [2.75, 3.05) is 24.2 Å². The third kappa shape index (κ3) is 4.33. The summed E-state index contributed by atoms with van der Waals surface area (Å²) in [6.45, 7) is 5.19. The summed E-state index contributed by atoms with van der Waals surface area (Å²) < 4.78 is 40.3. The van der Waals surface area contributed by atoms with E-state index in [1.807, 2.05) is 38.4 Å². The Morgan fingerprint density at radius 3 is 2.50 bits per heavy atom. The van der Waals surface area contributed by atoms with E-state index >= 15 is 0 Å². The zero-order valence-corrected chi connectivity index (χ0v) is 20.3. The Hall–Kier alpha value is -3.17. The molecule has 0 spiro atoms. The smallest absolute Gasteiger partial charge is 0.229 e. The van der Waals surface area contributed by atoms with E-state index in [2.05, 4.69) is 37.6 Å². The molecule has 3 heterocycles. The molecule has 1 saturated heterocycles. The molecule has 0 radical (unpaired) electrons. The van der Waals surface area contributed by atoms with Gasteiger partial charge in [-0.2, -0.15) is 0 Å². The van der Waals surface area contributed by atoms with E-state index in [1.54, 1.807) is 6.07 Å². The van der Waals surface area contributed by atoms with Crippen molar-refractivity contribution in [3.8, 4) is 11.1 Å². The molecule has 178 valence electrons. The van der Waals surface area contributed by atoms with Gasteiger partial charge >= 0.3 is 0 Å². The van der Waals surface area contributed by atoms with Crippen LogP contribution < -0.4 is 4.72 Å². The fourth-order valence-corrected chi connectivity index (χ4v) is 5.57. The normalized spacial score (nSPS) is 16.1. The number of ether oxygens (including phenoxy) is 1. The molecular formula is C25H28N4O4S. The van der Waals surface area contributed by atoms with Gasteiger partial charge in [0.25, 0.3) is 0 Å². The van der Waals surface area contributed by atoms with Crippen LogP contribution in [0, 0.1) is 19.8 Å². The Morgan fingerprint density at radius 1 is 1.12 bits per heavy atom. The van der Waals surface area contributed by atoms with Gasteiger partial charge in [0.2, 0.25) is 10.0 Å². The second-order valence-electron chi connectivity index (χ2n) is 8.92. The highest BCUT2D eigenvalue weighted by Gasteiger charge is 2.29. The second kappa shape index (κ2) is 8.88. The van der Waals surface area contributed by atoms with Gasteiger partial charge in [-0.25, -0.2) is 13.4 Å². The zero-order chi connectivity index (χ0) is 23.9. The van der Waals surface area contributed by atoms with Crippen LogP contribution in [0.4, 0.5) is 5.69 Å². The quantitative estimate of drug-likeness (QED) is 0.430. The number of imidazole rings is 1. The zero-order valence-electron chi connectivity index (χ0n) is 19.5. The van der Waals surface area contributed by atoms with Crippen LogP contribution in [-0.4, -0.2) is 42.6 Å². The number of nitrogens with zero attached hydrogens (tertiary/aromatic N) is 3. The number of nitrogens with one attached hydrogen (secondary N) is 1. The molecule has 0 unspecified atom stereocenters. The van der Waals surface area contributed by atoms with Crippen molar-refractivity contribution in [3.63, 3.8) is 0 Å². The summed E-state index contributed by atoms with van der Waals surface area (Å²) in [5.41, 5.74) is 5.51. The molecule has 0 saturated carbocycles. The molecule has 1 atom stereocenters. The number of aromatic nitrogens is 3. The molecule has 0 amide bonds. The minimum absolute atomic E-state index is 0.0427. The van der Waals surface area contributed by atoms with Crippen molar-refractivity contribution >= 4 is 26.7 Å². The molecular weight excluding hydrogens is 452 g/mol. The van der Waals surface area contributed by atoms with E-state index in [1.165, 1.54) is 5.56 Å². The molecule has 1 aliphatic heterocycles. The first-order valence-electron chi connectivity index (χ1n) is 11.4. The van der Waals surface area contributed by atoms with Gasteiger partial charge in [0.15, 0.2) is 0 Å². The van der Waals surface area contributed by atoms with Gasteiger partial charge in [-0.05, 0) is 55.9 Å². The fraction of sp³-hybridized carbons (Fsp3) is 0.360. The van der Waals surface area contributed by atoms with Crippen LogP contribution in [-0.2, 0) is 14.8 Å². The maximum atomic E-state index is 12.2. The summed E-state index contributed by atoms with van der Waals surface area (Å²) in [5.74, 6) is 1.04. The van der Waals surface area contributed by atoms with Crippen molar-refractivity contribution in [3.05, 3.63) is 65.8 Å². The van der Waals surface area contributed by atoms with Crippen molar-refractivity contribution in [2.24, 2.45) is 5.92 Å². The van der Waals surface area contributed by atoms with Crippen LogP contribution in [0.25, 0.3) is 22.2 Å². The topological polar surface area (TPSA) is 99.3 Å². The fourth-order valence-electron chi connectivity index (χ4n) is 5.01. The lowest BCUT2D eigenvalue weighted by Gasteiger charge is -2.32. The molecule has 1 aliphatic rings. The van der Waals surface area contributed by atoms with Crippen LogP contribution in [0.5, 0.6) is 0 Å². The summed E-state index contributed by atoms with van der Waals surface area (Å²) in [4.78, 5) is 4.68. The summed E-state index contributed by atoms with van der Waals surface area (Å²) in [6.07, 6.45) is 4.85. The summed E-state index contributed by atoms with van der Waals surface area (Å²) in [6, 6.07) is 14.3. The van der Waals surface area contributed by atoms with Crippen LogP contribution in [0.3, 0.4) is 0 Å². The molecule has 2 aromatic carbocycles. The van der Waals surface area contributed by atoms with E-state index in [0.29, 0.717) is 22.9 Å². The predicted octanol–water partition coefficient (Wildman–Crippen LogP) is 4.70. The number of rotatable bonds is 6. The van der Waals surface area contributed by atoms with E-state index in [9.17, 15) is 8.42 Å². The molecule has 34 heavy (non-hydrogen) atoms. The minimum atomic E-state index is -3.51. The maximum absolute atomic E-state index is 12.2. The highest BCUT2D eigenvalue weighted by molar-refractivity contribution is 7.92. The SMILES string of the molecule is Cc1noc(C)c1-c1cc(NS(C)(=O)=O)c2ncn([C@H](c3ccccc3)C3CCOCC3)c2c1. The van der Waals surface area contributed by atoms with Crippen LogP contribution in [0.1, 0.15) is 35.9 Å². The van der Waals surface area contributed by atoms with Crippen molar-refractivity contribution in [1.29, 1.82) is 0 Å². The van der Waals surface area contributed by atoms with Crippen LogP contribution in [0.15, 0.2) is 53.3 Å². The second-order valence-corrected chi connectivity index (χ2v) is 10.7. The van der Waals surface area contributed by atoms with Gasteiger partial charge in [0.05, 0.1) is 35.5 Å². The molecule has 0 bridgehead atoms. The largest absolute Gasteiger partial charge is 0.381 e. The summed E-state index contributed by atoms with van der Waals surface area (Å²) >= 11 is 0. The number of aryl methyl sites for hydroxylation is 2. The lowest BCUT2D eigenvalue weighted by Crippen LogP contribution is -2.26. The Balaban J connectivity index is 1.75. The molecule has 4 aromatic rings. The Kier molecular flexibility index (Phi) is 5.91. The highest BCUT2D eigenvalue weighted by atomic mass is 32.2. The Morgan fingerprint density at radius 2 is 1.85 bits per heavy atom. The van der Waals surface area contributed by atoms with Gasteiger partial charge < -0.3 is 13.8 Å². The number of anilines is 1. The van der Waals surface area contributed by atoms with Gasteiger partial charge in [0, 0.05) is 18.8 Å². The molecule has 5 rings (SSSR count). The predicted molar refractivity (Wildman–Crippen MR) is 131 cm³/mol. The minimum Gasteiger partial charge on any atom is -0.381 e. The monoisotopic (exact) mass is 480 g/mol. The lowest BCUT2D eigenvalue weighted by molar-refractivity contribution is 0.0547. The van der Waals surface area contributed by atoms with Crippen molar-refractivity contribution in [2.45, 2.75) is 32.7 Å². The van der Waals surface area contributed by atoms with Crippen LogP contribution in [0.2, 0.25) is 0 Å². The van der Waals surface area contributed by atoms with Gasteiger partial charge in [-0.15, -0.1) is 0 Å². The van der Waals surface area contributed by atoms with E-state index in [0.717, 1.165) is 54.6 Å². The Bertz CT molecular complexity index is 1400. The first-order valence-corrected chi connectivity index (χ1v) is 13.3. The van der Waals surface area contributed by atoms with E-state index < -0.39 is 10.0 Å². The first kappa shape index (κ1) is 22.6. The lowest BCUT2D eigenvalue weighted by atomic mass is 9.86. The number of sulfonamides is 1. The first-order chi connectivity index (χ1) is 16.3. The van der Waals surface area contributed by atoms with Crippen molar-refractivity contribution < 1.29 is 17.7 Å². The molecule has 0 aliphatic carbocycles. The molecule has 1 fully saturated rings. The van der Waals surface area contributed by atoms with Crippen LogP contribution >= 0.6 is 0 Å². The third-order valence-corrected chi connectivity index (χ3v) is 7.04. The molecule has 9 heteroatoms. The van der Waals surface area contributed by atoms with E-state index in [-0.39, 0.29) is 6.04 Å². The number of benzene rings is 2. The van der Waals surface area contributed by atoms with E-state index in [4.69, 9.17) is 9.26 Å². The third-order valence-electron chi connectivity index (χ3n) is 6.45. The average molecular weight is 481 g/mol. The maximum Gasteiger partial charge on any atom is 0.229 e. The van der Waals surface area contributed by atoms with Crippen molar-refractivity contribution in [1.82, 2.24) is 14.7 Å². The Labute approximate surface area is 199 Å². The molecule has 1 N–H and O–H groups in total. The average Bonchev–Trinajstić information content (AvgIpc) is 3.37. The standard InChI is InChI=1S/C25H28N4O4S/c1-16-23(17(2)33-27-16)20-13-21(28-34(3,30)31)24-22(14-20)29(15-26-24)25(18-7-5-4-6-8-18)19-9-11-32-12-10-19/h4-8,13-15,19,25,28H,9-12H2,1-3H3/t25-/m1/s1. The molecule has 2 aromatic heterocycles. The molecule has 8 nitrogen and oxygen atoms in total. The summed E-state index contributed by atoms with van der Waals surface area (Å²) in [5, 5.41) is 4.09. The number of hydrogen-bond acceptors (Lipinski definition) is 6. The van der Waals surface area contributed by atoms with Gasteiger partial charge in [-0.1, -0.05) is 35.5 Å². The number of hydrogen-bond donors (Lipinski definition) is 1.